The van der Waals surface area contributed by atoms with Gasteiger partial charge in [0, 0.05) is 0 Å². The summed E-state index contributed by atoms with van der Waals surface area (Å²) in [6.45, 7) is 2.59. The molecule has 0 heterocycles. The van der Waals surface area contributed by atoms with Gasteiger partial charge in [0.2, 0.25) is 0 Å². The Morgan fingerprint density at radius 3 is 2.09 bits per heavy atom. The van der Waals surface area contributed by atoms with Gasteiger partial charge in [-0.15, -0.1) is 0 Å². The zero-order valence-electron chi connectivity index (χ0n) is 6.40. The summed E-state index contributed by atoms with van der Waals surface area (Å²) < 4.78 is 4.12. The number of hydrogen-bond donors (Lipinski definition) is 2. The van der Waals surface area contributed by atoms with Gasteiger partial charge in [0.15, 0.2) is 0 Å². The summed E-state index contributed by atoms with van der Waals surface area (Å²) in [5.74, 6) is -1.82. The topological polar surface area (TPSA) is 89.6 Å². The van der Waals surface area contributed by atoms with E-state index in [1.807, 2.05) is 0 Å². The van der Waals surface area contributed by atoms with Crippen LogP contribution in [0.2, 0.25) is 0 Å². The summed E-state index contributed by atoms with van der Waals surface area (Å²) in [6, 6.07) is -0.849. The molecule has 0 aromatic rings. The molecule has 0 radical (unpaired) electrons. The number of carbonyl (C=O) groups excluding carboxylic acids is 2. The van der Waals surface area contributed by atoms with Crippen molar-refractivity contribution in [2.75, 3.05) is 0 Å². The van der Waals surface area contributed by atoms with Crippen molar-refractivity contribution in [2.24, 2.45) is 5.73 Å². The maximum atomic E-state index is 10.6. The van der Waals surface area contributed by atoms with Crippen molar-refractivity contribution in [1.82, 2.24) is 0 Å². The van der Waals surface area contributed by atoms with Crippen molar-refractivity contribution in [3.05, 3.63) is 0 Å². The van der Waals surface area contributed by atoms with Crippen molar-refractivity contribution >= 4 is 11.9 Å². The highest BCUT2D eigenvalue weighted by molar-refractivity contribution is 5.89. The van der Waals surface area contributed by atoms with Gasteiger partial charge in [0.25, 0.3) is 0 Å². The fourth-order valence-corrected chi connectivity index (χ4v) is 0.277. The van der Waals surface area contributed by atoms with E-state index in [2.05, 4.69) is 4.74 Å². The van der Waals surface area contributed by atoms with E-state index in [1.165, 1.54) is 13.8 Å². The molecular weight excluding hydrogens is 150 g/mol. The molecule has 64 valence electrons. The first-order valence-electron chi connectivity index (χ1n) is 3.14. The van der Waals surface area contributed by atoms with Crippen molar-refractivity contribution < 1.29 is 19.4 Å². The van der Waals surface area contributed by atoms with Crippen molar-refractivity contribution in [2.45, 2.75) is 26.0 Å². The van der Waals surface area contributed by atoms with Crippen molar-refractivity contribution in [1.29, 1.82) is 0 Å². The van der Waals surface area contributed by atoms with Crippen LogP contribution in [0.15, 0.2) is 0 Å². The molecule has 0 aliphatic rings. The Morgan fingerprint density at radius 1 is 1.36 bits per heavy atom. The zero-order valence-corrected chi connectivity index (χ0v) is 6.40. The van der Waals surface area contributed by atoms with Gasteiger partial charge in [0.05, 0.1) is 0 Å². The van der Waals surface area contributed by atoms with Gasteiger partial charge in [0.1, 0.15) is 12.1 Å². The number of hydrogen-bond acceptors (Lipinski definition) is 5. The molecule has 5 nitrogen and oxygen atoms in total. The minimum absolute atomic E-state index is 0.837. The van der Waals surface area contributed by atoms with E-state index in [0.29, 0.717) is 0 Å². The van der Waals surface area contributed by atoms with Gasteiger partial charge in [-0.2, -0.15) is 0 Å². The highest BCUT2D eigenvalue weighted by Crippen LogP contribution is 1.89. The average Bonchev–Trinajstić information content (AvgIpc) is 1.87. The van der Waals surface area contributed by atoms with Crippen LogP contribution in [0.5, 0.6) is 0 Å². The first kappa shape index (κ1) is 10.1. The number of aliphatic hydroxyl groups is 1. The smallest absolute Gasteiger partial charge is 0.342 e. The van der Waals surface area contributed by atoms with Gasteiger partial charge in [-0.25, -0.2) is 9.59 Å². The monoisotopic (exact) mass is 161 g/mol. The summed E-state index contributed by atoms with van der Waals surface area (Å²) in [7, 11) is 0. The Hall–Kier alpha value is -0.940. The molecule has 0 fully saturated rings. The van der Waals surface area contributed by atoms with Crippen LogP contribution in [0, 0.1) is 0 Å². The van der Waals surface area contributed by atoms with Crippen molar-refractivity contribution in [3.63, 3.8) is 0 Å². The summed E-state index contributed by atoms with van der Waals surface area (Å²) in [6.07, 6.45) is -1.29. The molecule has 3 N–H and O–H groups in total. The molecule has 2 atom stereocenters. The molecule has 0 rings (SSSR count). The summed E-state index contributed by atoms with van der Waals surface area (Å²) in [4.78, 5) is 21.1. The van der Waals surface area contributed by atoms with E-state index in [0.717, 1.165) is 0 Å². The maximum Gasteiger partial charge on any atom is 0.342 e. The molecule has 0 bridgehead atoms. The van der Waals surface area contributed by atoms with Crippen LogP contribution in [0.1, 0.15) is 13.8 Å². The number of nitrogens with two attached hydrogens (primary N) is 1. The fraction of sp³-hybridized carbons (Fsp3) is 0.667. The normalized spacial score (nSPS) is 15.3. The Morgan fingerprint density at radius 2 is 1.82 bits per heavy atom. The summed E-state index contributed by atoms with van der Waals surface area (Å²) >= 11 is 0. The van der Waals surface area contributed by atoms with Gasteiger partial charge in [-0.05, 0) is 13.8 Å². The Kier molecular flexibility index (Phi) is 3.70. The second-order valence-electron chi connectivity index (χ2n) is 2.20. The summed E-state index contributed by atoms with van der Waals surface area (Å²) in [5, 5.41) is 8.58. The number of rotatable bonds is 2. The number of aliphatic hydroxyl groups excluding tert-OH is 1. The second kappa shape index (κ2) is 4.05. The number of ether oxygens (including phenoxy) is 1. The molecule has 0 aromatic carbocycles. The molecular formula is C6H11NO4. The van der Waals surface area contributed by atoms with E-state index in [4.69, 9.17) is 10.8 Å². The molecule has 11 heavy (non-hydrogen) atoms. The van der Waals surface area contributed by atoms with E-state index >= 15 is 0 Å². The minimum Gasteiger partial charge on any atom is -0.390 e. The van der Waals surface area contributed by atoms with Crippen LogP contribution >= 0.6 is 0 Å². The second-order valence-corrected chi connectivity index (χ2v) is 2.20. The third-order valence-corrected chi connectivity index (χ3v) is 0.914. The molecule has 0 aliphatic heterocycles. The lowest BCUT2D eigenvalue weighted by Crippen LogP contribution is -2.33. The number of carbonyl (C=O) groups is 2. The van der Waals surface area contributed by atoms with Crippen LogP contribution < -0.4 is 5.73 Å². The molecule has 0 saturated heterocycles. The van der Waals surface area contributed by atoms with Gasteiger partial charge >= 0.3 is 11.9 Å². The predicted octanol–water partition coefficient (Wildman–Crippen LogP) is -1.22. The van der Waals surface area contributed by atoms with Crippen molar-refractivity contribution in [3.8, 4) is 0 Å². The lowest BCUT2D eigenvalue weighted by molar-refractivity contribution is -0.165. The quantitative estimate of drug-likeness (QED) is 0.391. The van der Waals surface area contributed by atoms with Crippen LogP contribution in [-0.4, -0.2) is 29.2 Å². The third kappa shape index (κ3) is 3.69. The summed E-state index contributed by atoms with van der Waals surface area (Å²) in [5.41, 5.74) is 5.08. The molecule has 0 spiro atoms. The Balaban J connectivity index is 3.86. The molecule has 0 saturated carbocycles. The van der Waals surface area contributed by atoms with Crippen LogP contribution in [0.3, 0.4) is 0 Å². The van der Waals surface area contributed by atoms with Gasteiger partial charge in [-0.3, -0.25) is 0 Å². The lowest BCUT2D eigenvalue weighted by atomic mass is 10.4. The predicted molar refractivity (Wildman–Crippen MR) is 36.4 cm³/mol. The Labute approximate surface area is 64.1 Å². The highest BCUT2D eigenvalue weighted by Gasteiger charge is 2.17. The SMILES string of the molecule is C[C@H](N)C(=O)OC(=O)[C@@H](C)O. The highest BCUT2D eigenvalue weighted by atomic mass is 16.6. The molecule has 0 aliphatic carbocycles. The lowest BCUT2D eigenvalue weighted by Gasteiger charge is -2.05. The van der Waals surface area contributed by atoms with Crippen LogP contribution in [0.4, 0.5) is 0 Å². The molecule has 0 amide bonds. The van der Waals surface area contributed by atoms with E-state index in [-0.39, 0.29) is 0 Å². The van der Waals surface area contributed by atoms with E-state index < -0.39 is 24.1 Å². The zero-order chi connectivity index (χ0) is 9.02. The maximum absolute atomic E-state index is 10.6. The molecule has 5 heteroatoms. The van der Waals surface area contributed by atoms with E-state index in [9.17, 15) is 9.59 Å². The van der Waals surface area contributed by atoms with E-state index in [1.54, 1.807) is 0 Å². The number of esters is 2. The van der Waals surface area contributed by atoms with Gasteiger partial charge < -0.3 is 15.6 Å². The van der Waals surface area contributed by atoms with Gasteiger partial charge in [-0.1, -0.05) is 0 Å². The van der Waals surface area contributed by atoms with Crippen LogP contribution in [-0.2, 0) is 14.3 Å². The average molecular weight is 161 g/mol. The first-order chi connectivity index (χ1) is 4.95. The first-order valence-corrected chi connectivity index (χ1v) is 3.14. The molecule has 0 aromatic heterocycles. The fourth-order valence-electron chi connectivity index (χ4n) is 0.277. The largest absolute Gasteiger partial charge is 0.390 e. The minimum atomic E-state index is -1.29. The Bertz CT molecular complexity index is 146. The standard InChI is InChI=1S/C6H11NO4/c1-3(7)5(9)11-6(10)4(2)8/h3-4,8H,7H2,1-2H3/t3-,4+/m0/s1. The van der Waals surface area contributed by atoms with Crippen LogP contribution in [0.25, 0.3) is 0 Å². The third-order valence-electron chi connectivity index (χ3n) is 0.914. The molecule has 0 unspecified atom stereocenters.